The number of nitrogens with zero attached hydrogens (tertiary/aromatic N) is 1. The standard InChI is InChI=1S/HNO3.Na.H2O3S/c2-1(3)4;;1-4(2)3/h(H,2,3,4);;(H2,1,2,3)/q;+1;/p-1. The molecular weight excluding hydrogens is 165 g/mol. The first-order chi connectivity index (χ1) is 3.46. The van der Waals surface area contributed by atoms with Crippen molar-refractivity contribution in [2.45, 2.75) is 0 Å². The normalized spacial score (nSPS) is 9.56. The van der Waals surface area contributed by atoms with Crippen molar-refractivity contribution in [3.05, 3.63) is 10.1 Å². The topological polar surface area (TPSA) is 124 Å². The molecule has 0 saturated carbocycles. The van der Waals surface area contributed by atoms with Gasteiger partial charge in [-0.05, 0) is 0 Å². The SMILES string of the molecule is O=S([O-])O.O=[N+]([O-])O.[Na+]. The number of rotatable bonds is 0. The minimum Gasteiger partial charge on any atom is -0.750 e. The van der Waals surface area contributed by atoms with E-state index in [-0.39, 0.29) is 29.6 Å². The molecule has 7 nitrogen and oxygen atoms in total. The largest absolute Gasteiger partial charge is 1.00 e. The van der Waals surface area contributed by atoms with Crippen LogP contribution >= 0.6 is 0 Å². The van der Waals surface area contributed by atoms with E-state index in [1.807, 2.05) is 0 Å². The molecule has 0 aromatic carbocycles. The zero-order valence-electron chi connectivity index (χ0n) is 4.38. The Kier molecular flexibility index (Phi) is 19.9. The van der Waals surface area contributed by atoms with Crippen LogP contribution in [0, 0.1) is 10.1 Å². The van der Waals surface area contributed by atoms with Crippen molar-refractivity contribution in [2.24, 2.45) is 0 Å². The third kappa shape index (κ3) is 4460. The molecule has 0 heterocycles. The molecule has 0 amide bonds. The summed E-state index contributed by atoms with van der Waals surface area (Å²) in [5.41, 5.74) is 0. The van der Waals surface area contributed by atoms with Gasteiger partial charge in [0, 0.05) is 0 Å². The molecule has 9 heteroatoms. The van der Waals surface area contributed by atoms with Gasteiger partial charge in [-0.15, -0.1) is 10.1 Å². The van der Waals surface area contributed by atoms with E-state index in [0.717, 1.165) is 0 Å². The van der Waals surface area contributed by atoms with E-state index >= 15 is 0 Å². The first-order valence-corrected chi connectivity index (χ1v) is 2.11. The zero-order valence-corrected chi connectivity index (χ0v) is 7.20. The van der Waals surface area contributed by atoms with Crippen molar-refractivity contribution in [1.29, 1.82) is 0 Å². The average Bonchev–Trinajstić information content (AvgIpc) is 1.25. The Hall–Kier alpha value is 0.270. The van der Waals surface area contributed by atoms with Gasteiger partial charge in [0.15, 0.2) is 0 Å². The maximum absolute atomic E-state index is 8.56. The summed E-state index contributed by atoms with van der Waals surface area (Å²) in [5.74, 6) is 0. The van der Waals surface area contributed by atoms with Gasteiger partial charge in [-0.25, -0.2) is 4.21 Å². The summed E-state index contributed by atoms with van der Waals surface area (Å²) in [6.07, 6.45) is 0. The second-order valence-corrected chi connectivity index (χ2v) is 0.889. The van der Waals surface area contributed by atoms with Crippen LogP contribution in [0.5, 0.6) is 0 Å². The van der Waals surface area contributed by atoms with Crippen molar-refractivity contribution < 1.29 is 53.2 Å². The van der Waals surface area contributed by atoms with Crippen molar-refractivity contribution in [2.75, 3.05) is 0 Å². The fraction of sp³-hybridized carbons (Fsp3) is 0. The van der Waals surface area contributed by atoms with Crippen LogP contribution in [-0.4, -0.2) is 23.6 Å². The van der Waals surface area contributed by atoms with Gasteiger partial charge in [0.1, 0.15) is 0 Å². The molecule has 0 aromatic heterocycles. The van der Waals surface area contributed by atoms with Crippen molar-refractivity contribution in [3.63, 3.8) is 0 Å². The zero-order chi connectivity index (χ0) is 7.15. The average molecular weight is 167 g/mol. The van der Waals surface area contributed by atoms with E-state index in [1.54, 1.807) is 0 Å². The van der Waals surface area contributed by atoms with Gasteiger partial charge in [-0.2, -0.15) is 0 Å². The predicted octanol–water partition coefficient (Wildman–Crippen LogP) is -4.01. The first-order valence-electron chi connectivity index (χ1n) is 1.08. The minimum atomic E-state index is -2.86. The van der Waals surface area contributed by atoms with Crippen LogP contribution in [-0.2, 0) is 11.4 Å². The second-order valence-electron chi connectivity index (χ2n) is 0.455. The van der Waals surface area contributed by atoms with Crippen LogP contribution in [0.3, 0.4) is 0 Å². The molecule has 0 radical (unpaired) electrons. The Labute approximate surface area is 74.6 Å². The summed E-state index contributed by atoms with van der Waals surface area (Å²) in [4.78, 5) is 8.36. The molecule has 0 bridgehead atoms. The van der Waals surface area contributed by atoms with Crippen molar-refractivity contribution in [3.8, 4) is 0 Å². The maximum Gasteiger partial charge on any atom is 1.00 e. The van der Waals surface area contributed by atoms with Crippen LogP contribution < -0.4 is 29.6 Å². The molecule has 0 saturated heterocycles. The Morgan fingerprint density at radius 3 is 1.56 bits per heavy atom. The summed E-state index contributed by atoms with van der Waals surface area (Å²) in [6, 6.07) is 0. The molecule has 1 unspecified atom stereocenters. The molecular formula is H2NNaO6S. The summed E-state index contributed by atoms with van der Waals surface area (Å²) in [6.45, 7) is 0. The molecule has 50 valence electrons. The molecule has 0 fully saturated rings. The van der Waals surface area contributed by atoms with Gasteiger partial charge in [0.25, 0.3) is 5.09 Å². The Morgan fingerprint density at radius 2 is 1.56 bits per heavy atom. The Balaban J connectivity index is -0.0000000720. The molecule has 9 heavy (non-hydrogen) atoms. The predicted molar refractivity (Wildman–Crippen MR) is 20.3 cm³/mol. The summed E-state index contributed by atoms with van der Waals surface area (Å²) < 4.78 is 24.1. The smallest absolute Gasteiger partial charge is 0.750 e. The van der Waals surface area contributed by atoms with Gasteiger partial charge in [-0.1, -0.05) is 0 Å². The quantitative estimate of drug-likeness (QED) is 0.164. The van der Waals surface area contributed by atoms with Gasteiger partial charge in [-0.3, -0.25) is 0 Å². The minimum absolute atomic E-state index is 0. The van der Waals surface area contributed by atoms with Crippen LogP contribution in [0.4, 0.5) is 0 Å². The summed E-state index contributed by atoms with van der Waals surface area (Å²) >= 11 is -2.86. The van der Waals surface area contributed by atoms with Crippen LogP contribution in [0.2, 0.25) is 0 Å². The molecule has 2 N–H and O–H groups in total. The van der Waals surface area contributed by atoms with E-state index in [4.69, 9.17) is 28.6 Å². The van der Waals surface area contributed by atoms with E-state index in [2.05, 4.69) is 0 Å². The molecule has 0 aliphatic rings. The van der Waals surface area contributed by atoms with Crippen molar-refractivity contribution in [1.82, 2.24) is 0 Å². The van der Waals surface area contributed by atoms with E-state index in [0.29, 0.717) is 0 Å². The maximum atomic E-state index is 8.56. The van der Waals surface area contributed by atoms with E-state index in [1.165, 1.54) is 0 Å². The number of hydrogen-bond donors (Lipinski definition) is 2. The van der Waals surface area contributed by atoms with Gasteiger partial charge >= 0.3 is 29.6 Å². The molecule has 0 spiro atoms. The van der Waals surface area contributed by atoms with Gasteiger partial charge < -0.3 is 14.3 Å². The molecule has 0 rings (SSSR count). The second kappa shape index (κ2) is 11.1. The van der Waals surface area contributed by atoms with Crippen LogP contribution in [0.1, 0.15) is 0 Å². The van der Waals surface area contributed by atoms with E-state index in [9.17, 15) is 0 Å². The summed E-state index contributed by atoms with van der Waals surface area (Å²) in [7, 11) is 0. The molecule has 1 atom stereocenters. The number of hydrogen-bond acceptors (Lipinski definition) is 4. The van der Waals surface area contributed by atoms with Crippen LogP contribution in [0.25, 0.3) is 0 Å². The third-order valence-corrected chi connectivity index (χ3v) is 0. The fourth-order valence-corrected chi connectivity index (χ4v) is 0. The van der Waals surface area contributed by atoms with Crippen LogP contribution in [0.15, 0.2) is 0 Å². The molecule has 0 aliphatic heterocycles. The van der Waals surface area contributed by atoms with E-state index < -0.39 is 16.4 Å². The fourth-order valence-electron chi connectivity index (χ4n) is 0. The Morgan fingerprint density at radius 1 is 1.56 bits per heavy atom. The monoisotopic (exact) mass is 167 g/mol. The van der Waals surface area contributed by atoms with Gasteiger partial charge in [0.2, 0.25) is 0 Å². The first kappa shape index (κ1) is 16.1. The molecule has 0 aliphatic carbocycles. The Bertz CT molecular complexity index is 71.1. The summed E-state index contributed by atoms with van der Waals surface area (Å²) in [5, 5.41) is 13.6. The molecule has 0 aromatic rings. The van der Waals surface area contributed by atoms with Crippen molar-refractivity contribution >= 4 is 11.4 Å². The third-order valence-electron chi connectivity index (χ3n) is 0. The van der Waals surface area contributed by atoms with Gasteiger partial charge in [0.05, 0.1) is 11.4 Å².